The molecule has 0 saturated heterocycles. The van der Waals surface area contributed by atoms with E-state index in [1.54, 1.807) is 0 Å². The van der Waals surface area contributed by atoms with Gasteiger partial charge in [-0.1, -0.05) is 323 Å². The van der Waals surface area contributed by atoms with Crippen LogP contribution in [0, 0.1) is 0 Å². The number of ether oxygens (including phenoxy) is 3. The molecule has 0 heterocycles. The lowest BCUT2D eigenvalue weighted by Crippen LogP contribution is -2.30. The van der Waals surface area contributed by atoms with Gasteiger partial charge in [-0.2, -0.15) is 0 Å². The number of hydrogen-bond donors (Lipinski definition) is 0. The molecule has 0 rings (SSSR count). The molecule has 0 radical (unpaired) electrons. The second kappa shape index (κ2) is 67.8. The molecule has 80 heavy (non-hydrogen) atoms. The minimum absolute atomic E-state index is 0.0993. The van der Waals surface area contributed by atoms with E-state index in [4.69, 9.17) is 14.2 Å². The van der Waals surface area contributed by atoms with Gasteiger partial charge in [0.15, 0.2) is 6.10 Å². The van der Waals surface area contributed by atoms with Crippen LogP contribution in [0.2, 0.25) is 0 Å². The van der Waals surface area contributed by atoms with Crippen molar-refractivity contribution in [2.24, 2.45) is 0 Å². The summed E-state index contributed by atoms with van der Waals surface area (Å²) in [5.41, 5.74) is 0. The van der Waals surface area contributed by atoms with Crippen LogP contribution in [-0.2, 0) is 28.6 Å². The Kier molecular flexibility index (Phi) is 64.7. The van der Waals surface area contributed by atoms with Crippen LogP contribution in [-0.4, -0.2) is 37.2 Å². The van der Waals surface area contributed by atoms with Gasteiger partial charge in [0.25, 0.3) is 0 Å². The fraction of sp³-hybridized carbons (Fsp3) is 0.743. The van der Waals surface area contributed by atoms with Crippen molar-refractivity contribution in [1.82, 2.24) is 0 Å². The maximum absolute atomic E-state index is 12.9. The standard InChI is InChI=1S/C74H128O6/c1-4-7-10-13-16-19-22-25-28-31-34-36-37-38-41-43-46-49-52-55-58-61-64-67-73(76)79-70-71(69-78-72(75)66-63-60-57-54-51-48-45-42-39-33-30-27-24-21-18-15-12-9-6-3)80-74(77)68-65-62-59-56-53-50-47-44-40-35-32-29-26-23-20-17-14-11-8-5-2/h9,12,18,21-22,25,27,30-31,34,39,42,48,51,57,60,71H,4-8,10-11,13-17,19-20,23-24,26,28-29,32-33,35-38,40-41,43-47,49-50,52-56,58-59,61-70H2,1-3H3/b12-9-,21-18-,25-22-,30-27-,34-31-,42-39-,51-48-,60-57-. The zero-order chi connectivity index (χ0) is 57.8. The quantitative estimate of drug-likeness (QED) is 0.0261. The molecule has 0 aliphatic carbocycles. The molecule has 0 aromatic rings. The van der Waals surface area contributed by atoms with E-state index in [0.29, 0.717) is 19.3 Å². The van der Waals surface area contributed by atoms with Crippen molar-refractivity contribution in [3.63, 3.8) is 0 Å². The van der Waals surface area contributed by atoms with Crippen molar-refractivity contribution in [1.29, 1.82) is 0 Å². The number of carbonyl (C=O) groups excluding carboxylic acids is 3. The highest BCUT2D eigenvalue weighted by atomic mass is 16.6. The molecule has 0 aromatic carbocycles. The van der Waals surface area contributed by atoms with Crippen molar-refractivity contribution in [3.8, 4) is 0 Å². The maximum Gasteiger partial charge on any atom is 0.306 e. The molecule has 6 heteroatoms. The maximum atomic E-state index is 12.9. The average Bonchev–Trinajstić information content (AvgIpc) is 3.46. The summed E-state index contributed by atoms with van der Waals surface area (Å²) in [6.07, 6.45) is 91.5. The molecule has 6 nitrogen and oxygen atoms in total. The van der Waals surface area contributed by atoms with Crippen LogP contribution in [0.3, 0.4) is 0 Å². The Labute approximate surface area is 496 Å². The van der Waals surface area contributed by atoms with E-state index >= 15 is 0 Å². The van der Waals surface area contributed by atoms with Crippen LogP contribution < -0.4 is 0 Å². The lowest BCUT2D eigenvalue weighted by Gasteiger charge is -2.18. The van der Waals surface area contributed by atoms with Crippen molar-refractivity contribution < 1.29 is 28.6 Å². The summed E-state index contributed by atoms with van der Waals surface area (Å²) in [5.74, 6) is -0.973. The van der Waals surface area contributed by atoms with Crippen LogP contribution in [0.4, 0.5) is 0 Å². The summed E-state index contributed by atoms with van der Waals surface area (Å²) in [7, 11) is 0. The summed E-state index contributed by atoms with van der Waals surface area (Å²) in [4.78, 5) is 38.4. The Hall–Kier alpha value is -3.67. The summed E-state index contributed by atoms with van der Waals surface area (Å²) in [6.45, 7) is 6.50. The minimum Gasteiger partial charge on any atom is -0.462 e. The fourth-order valence-corrected chi connectivity index (χ4v) is 9.74. The van der Waals surface area contributed by atoms with Gasteiger partial charge in [-0.3, -0.25) is 14.4 Å². The van der Waals surface area contributed by atoms with E-state index < -0.39 is 6.10 Å². The smallest absolute Gasteiger partial charge is 0.306 e. The molecule has 1 unspecified atom stereocenters. The molecule has 0 spiro atoms. The Morgan fingerprint density at radius 2 is 0.512 bits per heavy atom. The van der Waals surface area contributed by atoms with E-state index in [0.717, 1.165) is 83.5 Å². The third-order valence-electron chi connectivity index (χ3n) is 14.8. The van der Waals surface area contributed by atoms with Crippen molar-refractivity contribution in [2.45, 2.75) is 341 Å². The van der Waals surface area contributed by atoms with Gasteiger partial charge >= 0.3 is 17.9 Å². The number of hydrogen-bond acceptors (Lipinski definition) is 6. The first-order valence-electron chi connectivity index (χ1n) is 34.2. The fourth-order valence-electron chi connectivity index (χ4n) is 9.74. The number of unbranched alkanes of at least 4 members (excludes halogenated alkanes) is 35. The van der Waals surface area contributed by atoms with E-state index in [1.807, 2.05) is 6.08 Å². The SMILES string of the molecule is CC/C=C\C/C=C\C/C=C\C/C=C\C/C=C\C/C=C\CCC(=O)OCC(COC(=O)CCCCCCCCCCCCC/C=C\C/C=C\CCCCCCC)OC(=O)CCCCCCCCCCCCCCCCCCCCCC. The zero-order valence-electron chi connectivity index (χ0n) is 52.8. The minimum atomic E-state index is -0.810. The van der Waals surface area contributed by atoms with Gasteiger partial charge in [0.2, 0.25) is 0 Å². The van der Waals surface area contributed by atoms with Gasteiger partial charge in [-0.15, -0.1) is 0 Å². The molecule has 0 amide bonds. The van der Waals surface area contributed by atoms with Crippen molar-refractivity contribution >= 4 is 17.9 Å². The van der Waals surface area contributed by atoms with Crippen LogP contribution in [0.1, 0.15) is 335 Å². The van der Waals surface area contributed by atoms with Gasteiger partial charge in [0.1, 0.15) is 13.2 Å². The molecular weight excluding hydrogens is 985 g/mol. The third-order valence-corrected chi connectivity index (χ3v) is 14.8. The highest BCUT2D eigenvalue weighted by Gasteiger charge is 2.19. The number of rotatable bonds is 62. The lowest BCUT2D eigenvalue weighted by molar-refractivity contribution is -0.166. The Morgan fingerprint density at radius 1 is 0.263 bits per heavy atom. The molecule has 0 fully saturated rings. The Balaban J connectivity index is 4.44. The lowest BCUT2D eigenvalue weighted by atomic mass is 10.0. The molecule has 0 bridgehead atoms. The highest BCUT2D eigenvalue weighted by molar-refractivity contribution is 5.71. The predicted molar refractivity (Wildman–Crippen MR) is 348 cm³/mol. The molecule has 0 aliphatic heterocycles. The Bertz CT molecular complexity index is 1560. The summed E-state index contributed by atoms with van der Waals surface area (Å²) < 4.78 is 16.9. The van der Waals surface area contributed by atoms with Crippen molar-refractivity contribution in [3.05, 3.63) is 97.2 Å². The molecule has 460 valence electrons. The third kappa shape index (κ3) is 65.1. The van der Waals surface area contributed by atoms with Gasteiger partial charge in [0, 0.05) is 19.3 Å². The summed E-state index contributed by atoms with van der Waals surface area (Å²) in [5, 5.41) is 0. The largest absolute Gasteiger partial charge is 0.462 e. The van der Waals surface area contributed by atoms with Gasteiger partial charge in [-0.25, -0.2) is 0 Å². The molecule has 0 saturated carbocycles. The Morgan fingerprint density at radius 3 is 0.838 bits per heavy atom. The van der Waals surface area contributed by atoms with E-state index in [2.05, 4.69) is 112 Å². The predicted octanol–water partition coefficient (Wildman–Crippen LogP) is 23.6. The molecular formula is C74H128O6. The average molecular weight is 1110 g/mol. The monoisotopic (exact) mass is 1110 g/mol. The number of allylic oxidation sites excluding steroid dienone is 16. The van der Waals surface area contributed by atoms with Crippen molar-refractivity contribution in [2.75, 3.05) is 13.2 Å². The van der Waals surface area contributed by atoms with Crippen LogP contribution >= 0.6 is 0 Å². The molecule has 0 N–H and O–H groups in total. The van der Waals surface area contributed by atoms with Gasteiger partial charge in [0.05, 0.1) is 0 Å². The van der Waals surface area contributed by atoms with E-state index in [9.17, 15) is 14.4 Å². The van der Waals surface area contributed by atoms with Gasteiger partial charge < -0.3 is 14.2 Å². The topological polar surface area (TPSA) is 78.9 Å². The van der Waals surface area contributed by atoms with E-state index in [1.165, 1.54) is 205 Å². The summed E-state index contributed by atoms with van der Waals surface area (Å²) >= 11 is 0. The highest BCUT2D eigenvalue weighted by Crippen LogP contribution is 2.17. The first kappa shape index (κ1) is 76.3. The van der Waals surface area contributed by atoms with Crippen LogP contribution in [0.25, 0.3) is 0 Å². The van der Waals surface area contributed by atoms with Gasteiger partial charge in [-0.05, 0) is 89.9 Å². The first-order valence-corrected chi connectivity index (χ1v) is 34.2. The molecule has 0 aromatic heterocycles. The zero-order valence-corrected chi connectivity index (χ0v) is 52.8. The summed E-state index contributed by atoms with van der Waals surface area (Å²) in [6, 6.07) is 0. The number of esters is 3. The van der Waals surface area contributed by atoms with Crippen LogP contribution in [0.5, 0.6) is 0 Å². The molecule has 1 atom stereocenters. The number of carbonyl (C=O) groups is 3. The normalized spacial score (nSPS) is 12.7. The first-order chi connectivity index (χ1) is 39.5. The second-order valence-electron chi connectivity index (χ2n) is 22.7. The van der Waals surface area contributed by atoms with E-state index in [-0.39, 0.29) is 37.5 Å². The second-order valence-corrected chi connectivity index (χ2v) is 22.7. The molecule has 0 aliphatic rings. The van der Waals surface area contributed by atoms with Crippen LogP contribution in [0.15, 0.2) is 97.2 Å².